The van der Waals surface area contributed by atoms with Crippen LogP contribution in [0.3, 0.4) is 0 Å². The fourth-order valence-corrected chi connectivity index (χ4v) is 4.10. The predicted molar refractivity (Wildman–Crippen MR) is 95.0 cm³/mol. The number of hydrogen-bond donors (Lipinski definition) is 2. The third-order valence-electron chi connectivity index (χ3n) is 3.41. The van der Waals surface area contributed by atoms with Gasteiger partial charge in [0.25, 0.3) is 0 Å². The summed E-state index contributed by atoms with van der Waals surface area (Å²) in [6, 6.07) is 12.4. The van der Waals surface area contributed by atoms with Gasteiger partial charge in [0.05, 0.1) is 10.9 Å². The van der Waals surface area contributed by atoms with Crippen LogP contribution in [0.2, 0.25) is 5.02 Å². The Balaban J connectivity index is 2.24. The van der Waals surface area contributed by atoms with Crippen molar-refractivity contribution in [3.05, 3.63) is 59.1 Å². The van der Waals surface area contributed by atoms with Gasteiger partial charge in [-0.25, -0.2) is 22.0 Å². The van der Waals surface area contributed by atoms with Gasteiger partial charge in [-0.2, -0.15) is 0 Å². The van der Waals surface area contributed by atoms with Crippen molar-refractivity contribution in [2.45, 2.75) is 23.5 Å². The van der Waals surface area contributed by atoms with Gasteiger partial charge in [0.2, 0.25) is 20.0 Å². The lowest BCUT2D eigenvalue weighted by molar-refractivity contribution is 0.588. The number of sulfonamides is 2. The van der Waals surface area contributed by atoms with Crippen LogP contribution in [-0.2, 0) is 26.5 Å². The van der Waals surface area contributed by atoms with Crippen molar-refractivity contribution in [3.63, 3.8) is 0 Å². The molecule has 2 aromatic rings. The summed E-state index contributed by atoms with van der Waals surface area (Å²) in [7, 11) is -7.84. The molecular formula is C15H17ClN2O4S2. The summed E-state index contributed by atoms with van der Waals surface area (Å²) in [5, 5.41) is 4.89. The van der Waals surface area contributed by atoms with E-state index in [1.807, 2.05) is 0 Å². The lowest BCUT2D eigenvalue weighted by atomic mass is 10.1. The van der Waals surface area contributed by atoms with Crippen LogP contribution < -0.4 is 9.86 Å². The molecule has 9 heteroatoms. The van der Waals surface area contributed by atoms with Gasteiger partial charge in [-0.1, -0.05) is 35.9 Å². The smallest absolute Gasteiger partial charge is 0.240 e. The average molecular weight is 389 g/mol. The molecule has 0 fully saturated rings. The Kier molecular flexibility index (Phi) is 5.54. The number of rotatable bonds is 6. The van der Waals surface area contributed by atoms with E-state index >= 15 is 0 Å². The van der Waals surface area contributed by atoms with E-state index in [-0.39, 0.29) is 17.0 Å². The van der Waals surface area contributed by atoms with Crippen molar-refractivity contribution >= 4 is 37.3 Å². The minimum atomic E-state index is -4.04. The molecule has 0 aliphatic heterocycles. The van der Waals surface area contributed by atoms with Crippen molar-refractivity contribution in [2.24, 2.45) is 5.14 Å². The van der Waals surface area contributed by atoms with E-state index in [9.17, 15) is 16.8 Å². The molecule has 6 nitrogen and oxygen atoms in total. The van der Waals surface area contributed by atoms with Gasteiger partial charge in [0.1, 0.15) is 4.90 Å². The minimum Gasteiger partial charge on any atom is -0.282 e. The second-order valence-electron chi connectivity index (χ2n) is 5.33. The van der Waals surface area contributed by atoms with Crippen LogP contribution in [0.1, 0.15) is 12.5 Å². The molecule has 1 unspecified atom stereocenters. The van der Waals surface area contributed by atoms with Crippen LogP contribution in [0.5, 0.6) is 0 Å². The lowest BCUT2D eigenvalue weighted by Gasteiger charge is -2.16. The van der Waals surface area contributed by atoms with Gasteiger partial charge in [-0.15, -0.1) is 0 Å². The fourth-order valence-electron chi connectivity index (χ4n) is 2.12. The third-order valence-corrected chi connectivity index (χ3v) is 6.36. The molecule has 0 heterocycles. The predicted octanol–water partition coefficient (Wildman–Crippen LogP) is 2.36. The van der Waals surface area contributed by atoms with E-state index in [2.05, 4.69) is 4.72 Å². The second kappa shape index (κ2) is 7.10. The highest BCUT2D eigenvalue weighted by Gasteiger charge is 2.24. The molecule has 130 valence electrons. The maximum Gasteiger partial charge on any atom is 0.240 e. The molecule has 1 atom stereocenters. The Morgan fingerprint density at radius 1 is 1.04 bits per heavy atom. The highest BCUT2D eigenvalue weighted by Crippen LogP contribution is 2.22. The average Bonchev–Trinajstić information content (AvgIpc) is 2.48. The van der Waals surface area contributed by atoms with Crippen molar-refractivity contribution in [1.29, 1.82) is 0 Å². The summed E-state index contributed by atoms with van der Waals surface area (Å²) < 4.78 is 50.4. The molecule has 0 aromatic heterocycles. The maximum atomic E-state index is 12.5. The maximum absolute atomic E-state index is 12.5. The summed E-state index contributed by atoms with van der Waals surface area (Å²) in [5.41, 5.74) is 0.736. The molecule has 3 N–H and O–H groups in total. The number of halogens is 1. The molecule has 0 saturated heterocycles. The zero-order chi connectivity index (χ0) is 18.0. The van der Waals surface area contributed by atoms with Crippen molar-refractivity contribution < 1.29 is 16.8 Å². The molecule has 0 radical (unpaired) electrons. The van der Waals surface area contributed by atoms with Crippen LogP contribution in [0.4, 0.5) is 5.69 Å². The summed E-state index contributed by atoms with van der Waals surface area (Å²) in [6.07, 6.45) is 0.254. The summed E-state index contributed by atoms with van der Waals surface area (Å²) in [4.78, 5) is -0.271. The van der Waals surface area contributed by atoms with Gasteiger partial charge < -0.3 is 0 Å². The Labute approximate surface area is 146 Å². The Bertz CT molecular complexity index is 926. The minimum absolute atomic E-state index is 0.0667. The first-order valence-electron chi connectivity index (χ1n) is 6.97. The van der Waals surface area contributed by atoms with Crippen molar-refractivity contribution in [1.82, 2.24) is 0 Å². The number of nitrogens with two attached hydrogens (primary N) is 1. The standard InChI is InChI=1S/C15H17ClN2O4S2/c1-11(10-12-6-8-13(16)9-7-12)24(21,22)18-14-4-2-3-5-15(14)23(17,19)20/h2-9,11,18H,10H2,1H3,(H2,17,19,20). The molecule has 0 amide bonds. The molecular weight excluding hydrogens is 372 g/mol. The summed E-state index contributed by atoms with van der Waals surface area (Å²) in [6.45, 7) is 1.54. The molecule has 2 rings (SSSR count). The topological polar surface area (TPSA) is 106 Å². The second-order valence-corrected chi connectivity index (χ2v) is 9.39. The van der Waals surface area contributed by atoms with E-state index in [0.29, 0.717) is 5.02 Å². The van der Waals surface area contributed by atoms with Crippen molar-refractivity contribution in [2.75, 3.05) is 4.72 Å². The van der Waals surface area contributed by atoms with E-state index < -0.39 is 25.3 Å². The van der Waals surface area contributed by atoms with E-state index in [1.54, 1.807) is 24.3 Å². The summed E-state index contributed by atoms with van der Waals surface area (Å²) >= 11 is 5.81. The number of hydrogen-bond acceptors (Lipinski definition) is 4. The monoisotopic (exact) mass is 388 g/mol. The SMILES string of the molecule is CC(Cc1ccc(Cl)cc1)S(=O)(=O)Nc1ccccc1S(N)(=O)=O. The summed E-state index contributed by atoms with van der Waals surface area (Å²) in [5.74, 6) is 0. The lowest BCUT2D eigenvalue weighted by Crippen LogP contribution is -2.28. The number of para-hydroxylation sites is 1. The zero-order valence-electron chi connectivity index (χ0n) is 12.8. The van der Waals surface area contributed by atoms with Gasteiger partial charge in [0, 0.05) is 5.02 Å². The number of primary sulfonamides is 1. The van der Waals surface area contributed by atoms with E-state index in [1.165, 1.54) is 31.2 Å². The molecule has 0 saturated carbocycles. The molecule has 24 heavy (non-hydrogen) atoms. The highest BCUT2D eigenvalue weighted by molar-refractivity contribution is 7.93. The number of benzene rings is 2. The van der Waals surface area contributed by atoms with E-state index in [0.717, 1.165) is 5.56 Å². The van der Waals surface area contributed by atoms with E-state index in [4.69, 9.17) is 16.7 Å². The van der Waals surface area contributed by atoms with Crippen LogP contribution in [0, 0.1) is 0 Å². The largest absolute Gasteiger partial charge is 0.282 e. The van der Waals surface area contributed by atoms with Gasteiger partial charge in [-0.3, -0.25) is 4.72 Å². The Morgan fingerprint density at radius 3 is 2.21 bits per heavy atom. The number of anilines is 1. The Hall–Kier alpha value is -1.61. The first-order valence-corrected chi connectivity index (χ1v) is 10.4. The van der Waals surface area contributed by atoms with Gasteiger partial charge in [0.15, 0.2) is 0 Å². The molecule has 0 spiro atoms. The van der Waals surface area contributed by atoms with Crippen molar-refractivity contribution in [3.8, 4) is 0 Å². The molecule has 0 bridgehead atoms. The fraction of sp³-hybridized carbons (Fsp3) is 0.200. The first kappa shape index (κ1) is 18.7. The number of nitrogens with one attached hydrogen (secondary N) is 1. The van der Waals surface area contributed by atoms with Crippen LogP contribution in [0.15, 0.2) is 53.4 Å². The molecule has 0 aliphatic rings. The van der Waals surface area contributed by atoms with Crippen LogP contribution >= 0.6 is 11.6 Å². The van der Waals surface area contributed by atoms with Crippen LogP contribution in [-0.4, -0.2) is 22.1 Å². The van der Waals surface area contributed by atoms with Gasteiger partial charge in [-0.05, 0) is 43.2 Å². The molecule has 2 aromatic carbocycles. The van der Waals surface area contributed by atoms with Crippen LogP contribution in [0.25, 0.3) is 0 Å². The normalized spacial score (nSPS) is 13.5. The zero-order valence-corrected chi connectivity index (χ0v) is 15.2. The third kappa shape index (κ3) is 4.70. The highest BCUT2D eigenvalue weighted by atomic mass is 35.5. The quantitative estimate of drug-likeness (QED) is 0.792. The van der Waals surface area contributed by atoms with Gasteiger partial charge >= 0.3 is 0 Å². The first-order chi connectivity index (χ1) is 11.1. The Morgan fingerprint density at radius 2 is 1.62 bits per heavy atom. The molecule has 0 aliphatic carbocycles.